The van der Waals surface area contributed by atoms with Crippen molar-refractivity contribution in [2.75, 3.05) is 33.7 Å². The van der Waals surface area contributed by atoms with E-state index in [1.165, 1.54) is 0 Å². The number of nitrogens with zero attached hydrogens (tertiary/aromatic N) is 2. The van der Waals surface area contributed by atoms with Crippen molar-refractivity contribution in [1.29, 1.82) is 0 Å². The summed E-state index contributed by atoms with van der Waals surface area (Å²) in [6.45, 7) is 1.31. The maximum atomic E-state index is 12.1. The van der Waals surface area contributed by atoms with E-state index in [1.807, 2.05) is 7.05 Å². The smallest absolute Gasteiger partial charge is 0.382 e. The van der Waals surface area contributed by atoms with Gasteiger partial charge in [-0.25, -0.2) is 0 Å². The van der Waals surface area contributed by atoms with Crippen LogP contribution in [0.5, 0.6) is 0 Å². The lowest BCUT2D eigenvalue weighted by Gasteiger charge is -2.25. The van der Waals surface area contributed by atoms with Crippen LogP contribution in [0.25, 0.3) is 0 Å². The van der Waals surface area contributed by atoms with Gasteiger partial charge in [0.1, 0.15) is 0 Å². The van der Waals surface area contributed by atoms with Crippen molar-refractivity contribution in [2.45, 2.75) is 37.6 Å². The number of aliphatic hydroxyl groups is 1. The standard InChI is InChI=1S/C11H21F3N2O/c1-15(8-10(17)11(12,13)14)7-5-9-4-3-6-16(9)2/h9-10,17H,3-8H2,1-2H3. The van der Waals surface area contributed by atoms with Gasteiger partial charge in [-0.15, -0.1) is 0 Å². The van der Waals surface area contributed by atoms with Crippen molar-refractivity contribution in [3.05, 3.63) is 0 Å². The molecule has 102 valence electrons. The third-order valence-corrected chi connectivity index (χ3v) is 3.38. The van der Waals surface area contributed by atoms with Gasteiger partial charge in [0.15, 0.2) is 6.10 Å². The molecule has 0 aromatic heterocycles. The predicted molar refractivity (Wildman–Crippen MR) is 59.8 cm³/mol. The maximum Gasteiger partial charge on any atom is 0.415 e. The third-order valence-electron chi connectivity index (χ3n) is 3.38. The first-order chi connectivity index (χ1) is 7.80. The van der Waals surface area contributed by atoms with Crippen LogP contribution in [-0.4, -0.2) is 67.0 Å². The Morgan fingerprint density at radius 1 is 1.47 bits per heavy atom. The van der Waals surface area contributed by atoms with Crippen LogP contribution in [0, 0.1) is 0 Å². The molecule has 1 heterocycles. The molecule has 0 aromatic rings. The Balaban J connectivity index is 2.23. The second kappa shape index (κ2) is 6.02. The predicted octanol–water partition coefficient (Wildman–Crippen LogP) is 1.33. The Hall–Kier alpha value is -0.330. The van der Waals surface area contributed by atoms with E-state index in [-0.39, 0.29) is 6.54 Å². The van der Waals surface area contributed by atoms with Crippen LogP contribution < -0.4 is 0 Å². The molecule has 6 heteroatoms. The highest BCUT2D eigenvalue weighted by molar-refractivity contribution is 4.78. The first-order valence-corrected chi connectivity index (χ1v) is 5.94. The number of likely N-dealkylation sites (N-methyl/N-ethyl adjacent to an activating group) is 1. The van der Waals surface area contributed by atoms with E-state index in [4.69, 9.17) is 5.11 Å². The lowest BCUT2D eigenvalue weighted by molar-refractivity contribution is -0.207. The van der Waals surface area contributed by atoms with Crippen molar-refractivity contribution in [2.24, 2.45) is 0 Å². The molecule has 1 aliphatic rings. The molecule has 0 aromatic carbocycles. The van der Waals surface area contributed by atoms with Crippen LogP contribution in [0.15, 0.2) is 0 Å². The Bertz CT molecular complexity index is 235. The van der Waals surface area contributed by atoms with Crippen LogP contribution in [-0.2, 0) is 0 Å². The van der Waals surface area contributed by atoms with Gasteiger partial charge in [-0.2, -0.15) is 13.2 Å². The largest absolute Gasteiger partial charge is 0.415 e. The molecule has 1 aliphatic heterocycles. The molecule has 0 radical (unpaired) electrons. The summed E-state index contributed by atoms with van der Waals surface area (Å²) in [5.74, 6) is 0. The highest BCUT2D eigenvalue weighted by Crippen LogP contribution is 2.21. The number of aliphatic hydroxyl groups excluding tert-OH is 1. The zero-order valence-electron chi connectivity index (χ0n) is 10.4. The zero-order valence-corrected chi connectivity index (χ0v) is 10.4. The fraction of sp³-hybridized carbons (Fsp3) is 1.00. The number of likely N-dealkylation sites (tertiary alicyclic amines) is 1. The summed E-state index contributed by atoms with van der Waals surface area (Å²) in [6, 6.07) is 0.473. The molecule has 0 aliphatic carbocycles. The molecular weight excluding hydrogens is 233 g/mol. The maximum absolute atomic E-state index is 12.1. The van der Waals surface area contributed by atoms with Gasteiger partial charge in [-0.3, -0.25) is 0 Å². The Labute approximate surface area is 100 Å². The van der Waals surface area contributed by atoms with Crippen LogP contribution in [0.2, 0.25) is 0 Å². The lowest BCUT2D eigenvalue weighted by atomic mass is 10.1. The van der Waals surface area contributed by atoms with Crippen LogP contribution in [0.3, 0.4) is 0 Å². The van der Waals surface area contributed by atoms with Crippen LogP contribution in [0.1, 0.15) is 19.3 Å². The fourth-order valence-corrected chi connectivity index (χ4v) is 2.20. The molecule has 0 saturated carbocycles. The van der Waals surface area contributed by atoms with Gasteiger partial charge in [-0.1, -0.05) is 0 Å². The van der Waals surface area contributed by atoms with Gasteiger partial charge in [-0.05, 0) is 46.4 Å². The summed E-state index contributed by atoms with van der Waals surface area (Å²) in [6.07, 6.45) is -3.62. The molecule has 3 nitrogen and oxygen atoms in total. The highest BCUT2D eigenvalue weighted by Gasteiger charge is 2.38. The second-order valence-corrected chi connectivity index (χ2v) is 4.88. The molecule has 1 rings (SSSR count). The minimum atomic E-state index is -4.52. The number of hydrogen-bond donors (Lipinski definition) is 1. The quantitative estimate of drug-likeness (QED) is 0.801. The molecule has 0 amide bonds. The molecule has 1 saturated heterocycles. The molecule has 0 bridgehead atoms. The third kappa shape index (κ3) is 4.81. The number of rotatable bonds is 5. The van der Waals surface area contributed by atoms with E-state index in [2.05, 4.69) is 4.90 Å². The molecule has 1 fully saturated rings. The van der Waals surface area contributed by atoms with Gasteiger partial charge >= 0.3 is 6.18 Å². The Morgan fingerprint density at radius 2 is 2.12 bits per heavy atom. The second-order valence-electron chi connectivity index (χ2n) is 4.88. The summed E-state index contributed by atoms with van der Waals surface area (Å²) < 4.78 is 36.4. The molecule has 1 N–H and O–H groups in total. The molecule has 2 atom stereocenters. The lowest BCUT2D eigenvalue weighted by Crippen LogP contribution is -2.40. The fourth-order valence-electron chi connectivity index (χ4n) is 2.20. The van der Waals surface area contributed by atoms with E-state index >= 15 is 0 Å². The van der Waals surface area contributed by atoms with Crippen molar-refractivity contribution in [3.8, 4) is 0 Å². The normalized spacial score (nSPS) is 24.5. The summed E-state index contributed by atoms with van der Waals surface area (Å²) in [5, 5.41) is 8.92. The molecule has 0 spiro atoms. The monoisotopic (exact) mass is 254 g/mol. The van der Waals surface area contributed by atoms with E-state index in [0.29, 0.717) is 12.6 Å². The minimum absolute atomic E-state index is 0.347. The van der Waals surface area contributed by atoms with Crippen LogP contribution in [0.4, 0.5) is 13.2 Å². The summed E-state index contributed by atoms with van der Waals surface area (Å²) in [5.41, 5.74) is 0. The van der Waals surface area contributed by atoms with E-state index in [1.54, 1.807) is 11.9 Å². The van der Waals surface area contributed by atoms with Crippen LogP contribution >= 0.6 is 0 Å². The van der Waals surface area contributed by atoms with Gasteiger partial charge in [0.05, 0.1) is 0 Å². The first-order valence-electron chi connectivity index (χ1n) is 5.94. The summed E-state index contributed by atoms with van der Waals surface area (Å²) >= 11 is 0. The molecule has 17 heavy (non-hydrogen) atoms. The SMILES string of the molecule is CN(CCC1CCCN1C)CC(O)C(F)(F)F. The average Bonchev–Trinajstić information content (AvgIpc) is 2.59. The number of hydrogen-bond acceptors (Lipinski definition) is 3. The van der Waals surface area contributed by atoms with Crippen molar-refractivity contribution in [3.63, 3.8) is 0 Å². The van der Waals surface area contributed by atoms with E-state index in [9.17, 15) is 13.2 Å². The van der Waals surface area contributed by atoms with Gasteiger partial charge in [0.2, 0.25) is 0 Å². The summed E-state index contributed by atoms with van der Waals surface area (Å²) in [4.78, 5) is 3.79. The Morgan fingerprint density at radius 3 is 2.59 bits per heavy atom. The minimum Gasteiger partial charge on any atom is -0.382 e. The Kier molecular flexibility index (Phi) is 5.22. The number of halogens is 3. The highest BCUT2D eigenvalue weighted by atomic mass is 19.4. The zero-order chi connectivity index (χ0) is 13.1. The topological polar surface area (TPSA) is 26.7 Å². The van der Waals surface area contributed by atoms with Gasteiger partial charge in [0.25, 0.3) is 0 Å². The first kappa shape index (κ1) is 14.7. The average molecular weight is 254 g/mol. The van der Waals surface area contributed by atoms with E-state index < -0.39 is 12.3 Å². The molecule has 2 unspecified atom stereocenters. The van der Waals surface area contributed by atoms with Crippen molar-refractivity contribution < 1.29 is 18.3 Å². The van der Waals surface area contributed by atoms with Crippen molar-refractivity contribution >= 4 is 0 Å². The summed E-state index contributed by atoms with van der Waals surface area (Å²) in [7, 11) is 3.66. The molecular formula is C11H21F3N2O. The van der Waals surface area contributed by atoms with E-state index in [0.717, 1.165) is 25.8 Å². The van der Waals surface area contributed by atoms with Crippen molar-refractivity contribution in [1.82, 2.24) is 9.80 Å². The number of alkyl halides is 3. The van der Waals surface area contributed by atoms with Gasteiger partial charge < -0.3 is 14.9 Å². The van der Waals surface area contributed by atoms with Gasteiger partial charge in [0, 0.05) is 12.6 Å².